The fourth-order valence-corrected chi connectivity index (χ4v) is 3.98. The third kappa shape index (κ3) is 3.78. The summed E-state index contributed by atoms with van der Waals surface area (Å²) in [4.78, 5) is 22.3. The van der Waals surface area contributed by atoms with Crippen molar-refractivity contribution in [2.45, 2.75) is 19.4 Å². The van der Waals surface area contributed by atoms with Crippen molar-refractivity contribution in [3.8, 4) is 5.75 Å². The first-order chi connectivity index (χ1) is 15.2. The number of aromatic nitrogens is 2. The minimum atomic E-state index is -0.355. The zero-order valence-electron chi connectivity index (χ0n) is 16.8. The van der Waals surface area contributed by atoms with E-state index in [0.717, 1.165) is 46.1 Å². The van der Waals surface area contributed by atoms with Gasteiger partial charge in [0.25, 0.3) is 0 Å². The number of benzene rings is 2. The molecule has 1 N–H and O–H groups in total. The Bertz CT molecular complexity index is 1300. The number of hydrogen-bond acceptors (Lipinski definition) is 5. The molecule has 1 aliphatic rings. The second-order valence-electron chi connectivity index (χ2n) is 7.49. The number of para-hydroxylation sites is 1. The Labute approximate surface area is 179 Å². The summed E-state index contributed by atoms with van der Waals surface area (Å²) in [6.07, 6.45) is 5.27. The number of allylic oxidation sites excluding steroid dienone is 1. The number of phenolic OH excluding ortho intramolecular Hbond substituents is 1. The smallest absolute Gasteiger partial charge is 0.339 e. The van der Waals surface area contributed by atoms with Crippen molar-refractivity contribution in [3.05, 3.63) is 101 Å². The average Bonchev–Trinajstić information content (AvgIpc) is 3.20. The molecule has 0 unspecified atom stereocenters. The second kappa shape index (κ2) is 8.03. The molecule has 5 nitrogen and oxygen atoms in total. The first kappa shape index (κ1) is 19.0. The molecule has 2 aromatic carbocycles. The SMILES string of the molecule is O=C(OCc1ccccn1)c1c2c(nc3ccccc13)/C(=C/c1ccc(O)cc1)CC2. The van der Waals surface area contributed by atoms with Gasteiger partial charge in [0.2, 0.25) is 0 Å². The van der Waals surface area contributed by atoms with Crippen LogP contribution in [0.3, 0.4) is 0 Å². The lowest BCUT2D eigenvalue weighted by Crippen LogP contribution is -2.11. The summed E-state index contributed by atoms with van der Waals surface area (Å²) in [5, 5.41) is 10.3. The van der Waals surface area contributed by atoms with Crippen molar-refractivity contribution in [2.24, 2.45) is 0 Å². The number of pyridine rings is 2. The van der Waals surface area contributed by atoms with Crippen molar-refractivity contribution >= 4 is 28.5 Å². The predicted octanol–water partition coefficient (Wildman–Crippen LogP) is 5.18. The third-order valence-electron chi connectivity index (χ3n) is 5.46. The fourth-order valence-electron chi connectivity index (χ4n) is 3.98. The quantitative estimate of drug-likeness (QED) is 0.471. The van der Waals surface area contributed by atoms with Crippen LogP contribution in [0.4, 0.5) is 0 Å². The normalized spacial score (nSPS) is 14.0. The van der Waals surface area contributed by atoms with Crippen LogP contribution in [0.5, 0.6) is 5.75 Å². The number of nitrogens with zero attached hydrogens (tertiary/aromatic N) is 2. The summed E-state index contributed by atoms with van der Waals surface area (Å²) < 4.78 is 5.64. The van der Waals surface area contributed by atoms with E-state index in [1.165, 1.54) is 0 Å². The average molecular weight is 408 g/mol. The van der Waals surface area contributed by atoms with Crippen LogP contribution in [0.25, 0.3) is 22.6 Å². The zero-order valence-corrected chi connectivity index (χ0v) is 16.8. The van der Waals surface area contributed by atoms with E-state index < -0.39 is 0 Å². The summed E-state index contributed by atoms with van der Waals surface area (Å²) in [6, 6.07) is 20.3. The van der Waals surface area contributed by atoms with E-state index in [-0.39, 0.29) is 18.3 Å². The summed E-state index contributed by atoms with van der Waals surface area (Å²) in [5.41, 5.74) is 5.89. The standard InChI is InChI=1S/C26H20N2O3/c29-20-11-8-17(9-12-20)15-18-10-13-22-24(21-6-1-2-7-23(21)28-25(18)22)26(30)31-16-19-5-3-4-14-27-19/h1-9,11-12,14-15,29H,10,13,16H2/b18-15+. The molecule has 31 heavy (non-hydrogen) atoms. The largest absolute Gasteiger partial charge is 0.508 e. The molecule has 152 valence electrons. The van der Waals surface area contributed by atoms with Gasteiger partial charge in [0.1, 0.15) is 12.4 Å². The molecule has 2 aromatic heterocycles. The molecule has 5 heteroatoms. The second-order valence-corrected chi connectivity index (χ2v) is 7.49. The summed E-state index contributed by atoms with van der Waals surface area (Å²) in [7, 11) is 0. The highest BCUT2D eigenvalue weighted by Crippen LogP contribution is 2.38. The maximum atomic E-state index is 13.2. The van der Waals surface area contributed by atoms with Gasteiger partial charge >= 0.3 is 5.97 Å². The minimum Gasteiger partial charge on any atom is -0.508 e. The minimum absolute atomic E-state index is 0.126. The molecule has 1 aliphatic carbocycles. The number of carbonyl (C=O) groups excluding carboxylic acids is 1. The summed E-state index contributed by atoms with van der Waals surface area (Å²) in [6.45, 7) is 0.126. The topological polar surface area (TPSA) is 72.3 Å². The van der Waals surface area contributed by atoms with E-state index in [0.29, 0.717) is 11.3 Å². The van der Waals surface area contributed by atoms with Crippen LogP contribution >= 0.6 is 0 Å². The number of aromatic hydroxyl groups is 1. The Balaban J connectivity index is 1.55. The molecule has 0 saturated carbocycles. The van der Waals surface area contributed by atoms with Crippen LogP contribution in [0, 0.1) is 0 Å². The Morgan fingerprint density at radius 2 is 1.81 bits per heavy atom. The maximum absolute atomic E-state index is 13.2. The number of ether oxygens (including phenoxy) is 1. The number of fused-ring (bicyclic) bond motifs is 2. The van der Waals surface area contributed by atoms with Gasteiger partial charge in [0.15, 0.2) is 0 Å². The molecule has 0 fully saturated rings. The summed E-state index contributed by atoms with van der Waals surface area (Å²) in [5.74, 6) is -0.123. The van der Waals surface area contributed by atoms with Gasteiger partial charge in [-0.3, -0.25) is 4.98 Å². The predicted molar refractivity (Wildman–Crippen MR) is 119 cm³/mol. The molecule has 0 amide bonds. The van der Waals surface area contributed by atoms with Gasteiger partial charge in [-0.1, -0.05) is 36.4 Å². The van der Waals surface area contributed by atoms with Crippen molar-refractivity contribution in [3.63, 3.8) is 0 Å². The summed E-state index contributed by atoms with van der Waals surface area (Å²) >= 11 is 0. The lowest BCUT2D eigenvalue weighted by molar-refractivity contribution is 0.0469. The van der Waals surface area contributed by atoms with Gasteiger partial charge in [0, 0.05) is 11.6 Å². The molecule has 0 saturated heterocycles. The highest BCUT2D eigenvalue weighted by atomic mass is 16.5. The third-order valence-corrected chi connectivity index (χ3v) is 5.46. The van der Waals surface area contributed by atoms with Gasteiger partial charge < -0.3 is 9.84 Å². The van der Waals surface area contributed by atoms with E-state index in [1.54, 1.807) is 18.3 Å². The van der Waals surface area contributed by atoms with E-state index in [2.05, 4.69) is 11.1 Å². The molecule has 4 aromatic rings. The Kier molecular flexibility index (Phi) is 4.92. The monoisotopic (exact) mass is 408 g/mol. The van der Waals surface area contributed by atoms with E-state index in [9.17, 15) is 9.90 Å². The Hall–Kier alpha value is -3.99. The van der Waals surface area contributed by atoms with Crippen molar-refractivity contribution in [2.75, 3.05) is 0 Å². The fraction of sp³-hybridized carbons (Fsp3) is 0.115. The Morgan fingerprint density at radius 1 is 1.00 bits per heavy atom. The van der Waals surface area contributed by atoms with Crippen molar-refractivity contribution in [1.29, 1.82) is 0 Å². The van der Waals surface area contributed by atoms with Crippen LogP contribution < -0.4 is 0 Å². The molecule has 0 aliphatic heterocycles. The molecule has 5 rings (SSSR count). The first-order valence-corrected chi connectivity index (χ1v) is 10.2. The molecule has 2 heterocycles. The maximum Gasteiger partial charge on any atom is 0.339 e. The van der Waals surface area contributed by atoms with Crippen LogP contribution in [-0.2, 0) is 17.8 Å². The highest BCUT2D eigenvalue weighted by Gasteiger charge is 2.27. The lowest BCUT2D eigenvalue weighted by Gasteiger charge is -2.12. The van der Waals surface area contributed by atoms with Crippen LogP contribution in [0.2, 0.25) is 0 Å². The van der Waals surface area contributed by atoms with Gasteiger partial charge in [-0.05, 0) is 65.9 Å². The number of esters is 1. The van der Waals surface area contributed by atoms with E-state index in [4.69, 9.17) is 9.72 Å². The number of hydrogen-bond donors (Lipinski definition) is 1. The lowest BCUT2D eigenvalue weighted by atomic mass is 10.0. The van der Waals surface area contributed by atoms with Crippen LogP contribution in [0.1, 0.15) is 39.3 Å². The highest BCUT2D eigenvalue weighted by molar-refractivity contribution is 6.07. The number of rotatable bonds is 4. The molecule has 0 spiro atoms. The van der Waals surface area contributed by atoms with Gasteiger partial charge in [0.05, 0.1) is 22.5 Å². The molecular weight excluding hydrogens is 388 g/mol. The van der Waals surface area contributed by atoms with Gasteiger partial charge in [-0.2, -0.15) is 0 Å². The van der Waals surface area contributed by atoms with Crippen molar-refractivity contribution < 1.29 is 14.6 Å². The molecule has 0 bridgehead atoms. The molecular formula is C26H20N2O3. The van der Waals surface area contributed by atoms with Gasteiger partial charge in [-0.15, -0.1) is 0 Å². The van der Waals surface area contributed by atoms with E-state index >= 15 is 0 Å². The first-order valence-electron chi connectivity index (χ1n) is 10.2. The van der Waals surface area contributed by atoms with Gasteiger partial charge in [-0.25, -0.2) is 9.78 Å². The van der Waals surface area contributed by atoms with Crippen LogP contribution in [0.15, 0.2) is 72.9 Å². The van der Waals surface area contributed by atoms with Crippen molar-refractivity contribution in [1.82, 2.24) is 9.97 Å². The van der Waals surface area contributed by atoms with E-state index in [1.807, 2.05) is 54.6 Å². The molecule has 0 radical (unpaired) electrons. The molecule has 0 atom stereocenters. The number of carbonyl (C=O) groups is 1. The Morgan fingerprint density at radius 3 is 2.61 bits per heavy atom. The number of phenols is 1. The van der Waals surface area contributed by atoms with Crippen LogP contribution in [-0.4, -0.2) is 21.0 Å². The zero-order chi connectivity index (χ0) is 21.2.